The molecule has 1 aromatic heterocycles. The van der Waals surface area contributed by atoms with Crippen LogP contribution in [0.15, 0.2) is 42.7 Å². The number of hydrogen-bond acceptors (Lipinski definition) is 6. The second-order valence-corrected chi connectivity index (χ2v) is 4.14. The number of pyridine rings is 1. The molecule has 1 heterocycles. The Labute approximate surface area is 119 Å². The second kappa shape index (κ2) is 5.83. The van der Waals surface area contributed by atoms with Gasteiger partial charge in [-0.05, 0) is 35.9 Å². The number of aromatic hydroxyl groups is 1. The fourth-order valence-corrected chi connectivity index (χ4v) is 1.72. The highest BCUT2D eigenvalue weighted by Crippen LogP contribution is 2.35. The lowest BCUT2D eigenvalue weighted by molar-refractivity contribution is -0.384. The molecule has 106 valence electrons. The van der Waals surface area contributed by atoms with Gasteiger partial charge in [0.15, 0.2) is 5.78 Å². The van der Waals surface area contributed by atoms with Gasteiger partial charge in [-0.1, -0.05) is 6.07 Å². The van der Waals surface area contributed by atoms with Crippen LogP contribution in [0.4, 0.5) is 11.4 Å². The Morgan fingerprint density at radius 2 is 2.14 bits per heavy atom. The van der Waals surface area contributed by atoms with E-state index in [0.717, 1.165) is 0 Å². The second-order valence-electron chi connectivity index (χ2n) is 4.14. The summed E-state index contributed by atoms with van der Waals surface area (Å²) >= 11 is 0. The third kappa shape index (κ3) is 3.03. The smallest absolute Gasteiger partial charge is 0.334 e. The molecule has 0 atom stereocenters. The Morgan fingerprint density at radius 1 is 1.38 bits per heavy atom. The van der Waals surface area contributed by atoms with Crippen molar-refractivity contribution in [2.24, 2.45) is 0 Å². The zero-order chi connectivity index (χ0) is 15.4. The maximum Gasteiger partial charge on any atom is 0.334 e. The van der Waals surface area contributed by atoms with Crippen molar-refractivity contribution in [3.05, 3.63) is 64.0 Å². The molecule has 1 aromatic carbocycles. The minimum Gasteiger partial charge on any atom is -0.502 e. The van der Waals surface area contributed by atoms with Crippen LogP contribution in [0.3, 0.4) is 0 Å². The van der Waals surface area contributed by atoms with Crippen LogP contribution in [0.2, 0.25) is 0 Å². The normalized spacial score (nSPS) is 10.7. The summed E-state index contributed by atoms with van der Waals surface area (Å²) in [5, 5.41) is 20.6. The number of anilines is 1. The molecule has 21 heavy (non-hydrogen) atoms. The molecule has 2 rings (SSSR count). The van der Waals surface area contributed by atoms with E-state index in [0.29, 0.717) is 5.56 Å². The Bertz CT molecular complexity index is 726. The summed E-state index contributed by atoms with van der Waals surface area (Å²) in [6, 6.07) is 5.90. The van der Waals surface area contributed by atoms with Crippen molar-refractivity contribution in [1.29, 1.82) is 0 Å². The number of benzene rings is 1. The quantitative estimate of drug-likeness (QED) is 0.292. The number of nitro groups is 1. The SMILES string of the molecule is Nc1ccc(C(=O)C=Cc2cccnc2)c(O)c1[N+](=O)[O-]. The van der Waals surface area contributed by atoms with Gasteiger partial charge in [0.05, 0.1) is 10.5 Å². The molecule has 7 nitrogen and oxygen atoms in total. The van der Waals surface area contributed by atoms with Crippen LogP contribution in [0, 0.1) is 10.1 Å². The summed E-state index contributed by atoms with van der Waals surface area (Å²) in [5.74, 6) is -1.31. The first-order valence-electron chi connectivity index (χ1n) is 5.89. The van der Waals surface area contributed by atoms with Gasteiger partial charge in [-0.3, -0.25) is 19.9 Å². The molecule has 0 spiro atoms. The number of nitrogens with zero attached hydrogens (tertiary/aromatic N) is 2. The highest BCUT2D eigenvalue weighted by Gasteiger charge is 2.23. The van der Waals surface area contributed by atoms with E-state index in [1.807, 2.05) is 0 Å². The Hall–Kier alpha value is -3.22. The van der Waals surface area contributed by atoms with Crippen molar-refractivity contribution >= 4 is 23.2 Å². The van der Waals surface area contributed by atoms with Crippen LogP contribution < -0.4 is 5.73 Å². The van der Waals surface area contributed by atoms with E-state index in [-0.39, 0.29) is 11.3 Å². The standard InChI is InChI=1S/C14H11N3O4/c15-11-5-4-10(14(19)13(11)17(20)21)12(18)6-3-9-2-1-7-16-8-9/h1-8,19H,15H2. The number of nitrogen functional groups attached to an aromatic ring is 1. The zero-order valence-electron chi connectivity index (χ0n) is 10.8. The fourth-order valence-electron chi connectivity index (χ4n) is 1.72. The number of carbonyl (C=O) groups is 1. The van der Waals surface area contributed by atoms with E-state index in [2.05, 4.69) is 4.98 Å². The van der Waals surface area contributed by atoms with Crippen molar-refractivity contribution < 1.29 is 14.8 Å². The number of nitro benzene ring substituents is 1. The lowest BCUT2D eigenvalue weighted by Crippen LogP contribution is -2.01. The van der Waals surface area contributed by atoms with Gasteiger partial charge in [-0.2, -0.15) is 0 Å². The number of hydrogen-bond donors (Lipinski definition) is 2. The van der Waals surface area contributed by atoms with E-state index in [1.165, 1.54) is 24.3 Å². The predicted molar refractivity (Wildman–Crippen MR) is 76.8 cm³/mol. The third-order valence-electron chi connectivity index (χ3n) is 2.74. The molecule has 7 heteroatoms. The average molecular weight is 285 g/mol. The van der Waals surface area contributed by atoms with Gasteiger partial charge < -0.3 is 10.8 Å². The maximum atomic E-state index is 12.0. The highest BCUT2D eigenvalue weighted by molar-refractivity contribution is 6.09. The van der Waals surface area contributed by atoms with Gasteiger partial charge in [-0.25, -0.2) is 0 Å². The summed E-state index contributed by atoms with van der Waals surface area (Å²) in [4.78, 5) is 25.9. The van der Waals surface area contributed by atoms with Gasteiger partial charge in [0.1, 0.15) is 5.69 Å². The number of nitrogens with two attached hydrogens (primary N) is 1. The molecule has 0 saturated carbocycles. The topological polar surface area (TPSA) is 119 Å². The number of ketones is 1. The molecule has 0 aliphatic rings. The van der Waals surface area contributed by atoms with Crippen molar-refractivity contribution in [2.75, 3.05) is 5.73 Å². The first-order chi connectivity index (χ1) is 10.0. The summed E-state index contributed by atoms with van der Waals surface area (Å²) in [7, 11) is 0. The lowest BCUT2D eigenvalue weighted by atomic mass is 10.1. The fraction of sp³-hybridized carbons (Fsp3) is 0. The zero-order valence-corrected chi connectivity index (χ0v) is 10.8. The molecule has 0 unspecified atom stereocenters. The Morgan fingerprint density at radius 3 is 2.76 bits per heavy atom. The first-order valence-corrected chi connectivity index (χ1v) is 5.89. The van der Waals surface area contributed by atoms with Crippen LogP contribution in [-0.2, 0) is 0 Å². The number of phenolic OH excluding ortho intramolecular Hbond substituents is 1. The number of allylic oxidation sites excluding steroid dienone is 1. The van der Waals surface area contributed by atoms with Gasteiger partial charge in [0.2, 0.25) is 5.75 Å². The maximum absolute atomic E-state index is 12.0. The highest BCUT2D eigenvalue weighted by atomic mass is 16.6. The summed E-state index contributed by atoms with van der Waals surface area (Å²) in [6.45, 7) is 0. The molecular weight excluding hydrogens is 274 g/mol. The first kappa shape index (κ1) is 14.2. The largest absolute Gasteiger partial charge is 0.502 e. The van der Waals surface area contributed by atoms with E-state index >= 15 is 0 Å². The van der Waals surface area contributed by atoms with Crippen LogP contribution in [-0.4, -0.2) is 20.8 Å². The molecule has 0 fully saturated rings. The van der Waals surface area contributed by atoms with Gasteiger partial charge in [-0.15, -0.1) is 0 Å². The van der Waals surface area contributed by atoms with Crippen molar-refractivity contribution in [3.63, 3.8) is 0 Å². The Balaban J connectivity index is 2.34. The van der Waals surface area contributed by atoms with Crippen LogP contribution in [0.1, 0.15) is 15.9 Å². The number of aromatic nitrogens is 1. The molecule has 2 aromatic rings. The summed E-state index contributed by atoms with van der Waals surface area (Å²) in [5.41, 5.74) is 5.05. The van der Waals surface area contributed by atoms with E-state index < -0.39 is 22.1 Å². The van der Waals surface area contributed by atoms with Crippen LogP contribution in [0.5, 0.6) is 5.75 Å². The average Bonchev–Trinajstić information content (AvgIpc) is 2.45. The molecule has 0 aliphatic carbocycles. The lowest BCUT2D eigenvalue weighted by Gasteiger charge is -2.04. The van der Waals surface area contributed by atoms with Gasteiger partial charge in [0.25, 0.3) is 0 Å². The molecular formula is C14H11N3O4. The van der Waals surface area contributed by atoms with Crippen molar-refractivity contribution in [2.45, 2.75) is 0 Å². The monoisotopic (exact) mass is 285 g/mol. The third-order valence-corrected chi connectivity index (χ3v) is 2.74. The summed E-state index contributed by atoms with van der Waals surface area (Å²) in [6.07, 6.45) is 5.84. The summed E-state index contributed by atoms with van der Waals surface area (Å²) < 4.78 is 0. The minimum absolute atomic E-state index is 0.184. The van der Waals surface area contributed by atoms with Crippen LogP contribution in [0.25, 0.3) is 6.08 Å². The number of phenols is 1. The van der Waals surface area contributed by atoms with Gasteiger partial charge >= 0.3 is 5.69 Å². The van der Waals surface area contributed by atoms with E-state index in [1.54, 1.807) is 24.5 Å². The molecule has 0 saturated heterocycles. The van der Waals surface area contributed by atoms with Crippen molar-refractivity contribution in [1.82, 2.24) is 4.98 Å². The molecule has 0 amide bonds. The van der Waals surface area contributed by atoms with Gasteiger partial charge in [0, 0.05) is 12.4 Å². The predicted octanol–water partition coefficient (Wildman–Crippen LogP) is 2.17. The Kier molecular flexibility index (Phi) is 3.94. The van der Waals surface area contributed by atoms with E-state index in [4.69, 9.17) is 5.73 Å². The number of carbonyl (C=O) groups excluding carboxylic acids is 1. The molecule has 0 aliphatic heterocycles. The molecule has 0 bridgehead atoms. The molecule has 0 radical (unpaired) electrons. The van der Waals surface area contributed by atoms with Crippen molar-refractivity contribution in [3.8, 4) is 5.75 Å². The van der Waals surface area contributed by atoms with E-state index in [9.17, 15) is 20.0 Å². The van der Waals surface area contributed by atoms with Crippen LogP contribution >= 0.6 is 0 Å². The minimum atomic E-state index is -0.827. The number of rotatable bonds is 4. The molecule has 3 N–H and O–H groups in total.